The highest BCUT2D eigenvalue weighted by atomic mass is 19.4. The van der Waals surface area contributed by atoms with Gasteiger partial charge in [-0.3, -0.25) is 14.4 Å². The van der Waals surface area contributed by atoms with E-state index < -0.39 is 28.8 Å². The van der Waals surface area contributed by atoms with Crippen molar-refractivity contribution < 1.29 is 22.8 Å². The SMILES string of the molecule is CC(=O)N(C)Cc1ccccc1NC(=O)c1nn(-c2cccc(C(F)(F)F)c2)c(C)cc1=O. The fourth-order valence-corrected chi connectivity index (χ4v) is 3.11. The van der Waals surface area contributed by atoms with E-state index >= 15 is 0 Å². The van der Waals surface area contributed by atoms with Crippen LogP contribution in [0.2, 0.25) is 0 Å². The van der Waals surface area contributed by atoms with Crippen LogP contribution in [0.4, 0.5) is 18.9 Å². The number of rotatable bonds is 5. The topological polar surface area (TPSA) is 84.3 Å². The number of hydrogen-bond donors (Lipinski definition) is 1. The van der Waals surface area contributed by atoms with Crippen LogP contribution in [0.5, 0.6) is 0 Å². The van der Waals surface area contributed by atoms with Gasteiger partial charge in [-0.1, -0.05) is 24.3 Å². The van der Waals surface area contributed by atoms with Gasteiger partial charge < -0.3 is 10.2 Å². The van der Waals surface area contributed by atoms with Gasteiger partial charge in [-0.15, -0.1) is 0 Å². The van der Waals surface area contributed by atoms with E-state index in [0.29, 0.717) is 11.3 Å². The van der Waals surface area contributed by atoms with Gasteiger partial charge in [-0.2, -0.15) is 18.3 Å². The fraction of sp³-hybridized carbons (Fsp3) is 0.217. The number of anilines is 1. The molecule has 1 heterocycles. The summed E-state index contributed by atoms with van der Waals surface area (Å²) in [4.78, 5) is 38.4. The molecule has 2 aromatic carbocycles. The molecule has 0 bridgehead atoms. The molecule has 0 aliphatic heterocycles. The number of nitrogens with zero attached hydrogens (tertiary/aromatic N) is 3. The molecule has 0 fully saturated rings. The molecule has 0 unspecified atom stereocenters. The van der Waals surface area contributed by atoms with Crippen LogP contribution < -0.4 is 10.7 Å². The van der Waals surface area contributed by atoms with Crippen molar-refractivity contribution in [1.29, 1.82) is 0 Å². The van der Waals surface area contributed by atoms with Crippen molar-refractivity contribution in [3.63, 3.8) is 0 Å². The van der Waals surface area contributed by atoms with Gasteiger partial charge in [0.05, 0.1) is 11.3 Å². The Morgan fingerprint density at radius 3 is 2.45 bits per heavy atom. The summed E-state index contributed by atoms with van der Waals surface area (Å²) in [6.45, 7) is 3.14. The lowest BCUT2D eigenvalue weighted by Crippen LogP contribution is -2.28. The quantitative estimate of drug-likeness (QED) is 0.631. The smallest absolute Gasteiger partial charge is 0.342 e. The highest BCUT2D eigenvalue weighted by Gasteiger charge is 2.30. The summed E-state index contributed by atoms with van der Waals surface area (Å²) in [6.07, 6.45) is -4.56. The average molecular weight is 458 g/mol. The highest BCUT2D eigenvalue weighted by Crippen LogP contribution is 2.30. The van der Waals surface area contributed by atoms with Crippen LogP contribution in [0.3, 0.4) is 0 Å². The Balaban J connectivity index is 1.97. The van der Waals surface area contributed by atoms with E-state index in [1.54, 1.807) is 31.3 Å². The molecule has 10 heteroatoms. The van der Waals surface area contributed by atoms with E-state index in [1.165, 1.54) is 30.9 Å². The van der Waals surface area contributed by atoms with Crippen molar-refractivity contribution in [2.45, 2.75) is 26.6 Å². The molecule has 2 amide bonds. The highest BCUT2D eigenvalue weighted by molar-refractivity contribution is 6.03. The van der Waals surface area contributed by atoms with Crippen molar-refractivity contribution >= 4 is 17.5 Å². The molecule has 0 atom stereocenters. The monoisotopic (exact) mass is 458 g/mol. The number of halogens is 3. The van der Waals surface area contributed by atoms with Crippen LogP contribution in [-0.4, -0.2) is 33.5 Å². The van der Waals surface area contributed by atoms with Crippen LogP contribution in [-0.2, 0) is 17.5 Å². The molecular weight excluding hydrogens is 437 g/mol. The Morgan fingerprint density at radius 2 is 1.79 bits per heavy atom. The molecule has 0 radical (unpaired) electrons. The van der Waals surface area contributed by atoms with Gasteiger partial charge in [0.25, 0.3) is 5.91 Å². The van der Waals surface area contributed by atoms with E-state index in [2.05, 4.69) is 10.4 Å². The average Bonchev–Trinajstić information content (AvgIpc) is 2.74. The van der Waals surface area contributed by atoms with Crippen molar-refractivity contribution in [2.75, 3.05) is 12.4 Å². The predicted octanol–water partition coefficient (Wildman–Crippen LogP) is 3.79. The molecule has 3 rings (SSSR count). The second-order valence-electron chi connectivity index (χ2n) is 7.44. The minimum Gasteiger partial charge on any atom is -0.342 e. The molecule has 0 saturated carbocycles. The molecule has 0 saturated heterocycles. The van der Waals surface area contributed by atoms with Gasteiger partial charge in [0.2, 0.25) is 11.3 Å². The maximum absolute atomic E-state index is 13.1. The third-order valence-corrected chi connectivity index (χ3v) is 4.95. The van der Waals surface area contributed by atoms with Crippen LogP contribution in [0.25, 0.3) is 5.69 Å². The third-order valence-electron chi connectivity index (χ3n) is 4.95. The van der Waals surface area contributed by atoms with E-state index in [0.717, 1.165) is 22.9 Å². The number of para-hydroxylation sites is 1. The number of amides is 2. The lowest BCUT2D eigenvalue weighted by atomic mass is 10.1. The summed E-state index contributed by atoms with van der Waals surface area (Å²) in [5.41, 5.74) is -0.704. The van der Waals surface area contributed by atoms with Gasteiger partial charge in [-0.05, 0) is 36.8 Å². The first-order chi connectivity index (χ1) is 15.5. The van der Waals surface area contributed by atoms with E-state index in [9.17, 15) is 27.6 Å². The minimum absolute atomic E-state index is 0.0554. The van der Waals surface area contributed by atoms with Gasteiger partial charge in [0.1, 0.15) is 0 Å². The molecule has 172 valence electrons. The van der Waals surface area contributed by atoms with Gasteiger partial charge in [0.15, 0.2) is 5.69 Å². The number of carbonyl (C=O) groups excluding carboxylic acids is 2. The van der Waals surface area contributed by atoms with Crippen LogP contribution in [0.15, 0.2) is 59.4 Å². The number of carbonyl (C=O) groups is 2. The maximum atomic E-state index is 13.1. The van der Waals surface area contributed by atoms with E-state index in [-0.39, 0.29) is 23.8 Å². The van der Waals surface area contributed by atoms with Gasteiger partial charge in [-0.25, -0.2) is 4.68 Å². The Kier molecular flexibility index (Phi) is 6.66. The fourth-order valence-electron chi connectivity index (χ4n) is 3.11. The summed E-state index contributed by atoms with van der Waals surface area (Å²) in [7, 11) is 1.61. The minimum atomic E-state index is -4.56. The molecule has 0 aliphatic rings. The number of hydrogen-bond acceptors (Lipinski definition) is 4. The molecule has 1 aromatic heterocycles. The zero-order valence-corrected chi connectivity index (χ0v) is 18.1. The number of aromatic nitrogens is 2. The molecule has 3 aromatic rings. The third kappa shape index (κ3) is 5.46. The molecule has 0 spiro atoms. The Morgan fingerprint density at radius 1 is 1.09 bits per heavy atom. The first-order valence-corrected chi connectivity index (χ1v) is 9.87. The van der Waals surface area contributed by atoms with Crippen molar-refractivity contribution in [1.82, 2.24) is 14.7 Å². The van der Waals surface area contributed by atoms with Crippen LogP contribution in [0, 0.1) is 6.92 Å². The number of benzene rings is 2. The largest absolute Gasteiger partial charge is 0.416 e. The second kappa shape index (κ2) is 9.27. The summed E-state index contributed by atoms with van der Waals surface area (Å²) < 4.78 is 40.4. The van der Waals surface area contributed by atoms with Crippen LogP contribution >= 0.6 is 0 Å². The zero-order valence-electron chi connectivity index (χ0n) is 18.1. The number of aryl methyl sites for hydroxylation is 1. The van der Waals surface area contributed by atoms with Gasteiger partial charge in [0, 0.05) is 38.0 Å². The Bertz CT molecular complexity index is 1270. The zero-order chi connectivity index (χ0) is 24.3. The standard InChI is InChI=1S/C23H21F3N4O3/c1-14-11-20(32)21(28-30(14)18-9-6-8-17(12-18)23(24,25)26)22(33)27-19-10-5-4-7-16(19)13-29(3)15(2)31/h4-12H,13H2,1-3H3,(H,27,33). The summed E-state index contributed by atoms with van der Waals surface area (Å²) >= 11 is 0. The summed E-state index contributed by atoms with van der Waals surface area (Å²) in [5, 5.41) is 6.65. The molecular formula is C23H21F3N4O3. The lowest BCUT2D eigenvalue weighted by Gasteiger charge is -2.18. The van der Waals surface area contributed by atoms with Gasteiger partial charge >= 0.3 is 6.18 Å². The van der Waals surface area contributed by atoms with Crippen LogP contribution in [0.1, 0.15) is 34.2 Å². The lowest BCUT2D eigenvalue weighted by molar-refractivity contribution is -0.137. The normalized spacial score (nSPS) is 11.2. The van der Waals surface area contributed by atoms with Crippen molar-refractivity contribution in [3.05, 3.63) is 87.3 Å². The first-order valence-electron chi connectivity index (χ1n) is 9.87. The Labute approximate surface area is 187 Å². The predicted molar refractivity (Wildman–Crippen MR) is 116 cm³/mol. The van der Waals surface area contributed by atoms with E-state index in [4.69, 9.17) is 0 Å². The van der Waals surface area contributed by atoms with Crippen molar-refractivity contribution in [3.8, 4) is 5.69 Å². The van der Waals surface area contributed by atoms with Crippen molar-refractivity contribution in [2.24, 2.45) is 0 Å². The summed E-state index contributed by atoms with van der Waals surface area (Å²) in [6, 6.07) is 12.3. The Hall–Kier alpha value is -3.95. The second-order valence-corrected chi connectivity index (χ2v) is 7.44. The molecule has 33 heavy (non-hydrogen) atoms. The molecule has 1 N–H and O–H groups in total. The molecule has 7 nitrogen and oxygen atoms in total. The molecule has 0 aliphatic carbocycles. The first kappa shape index (κ1) is 23.7. The maximum Gasteiger partial charge on any atom is 0.416 e. The summed E-state index contributed by atoms with van der Waals surface area (Å²) in [5.74, 6) is -0.987. The number of nitrogens with one attached hydrogen (secondary N) is 1. The van der Waals surface area contributed by atoms with E-state index in [1.807, 2.05) is 0 Å². The number of alkyl halides is 3.